The Labute approximate surface area is 126 Å². The highest BCUT2D eigenvalue weighted by Crippen LogP contribution is 2.35. The van der Waals surface area contributed by atoms with Gasteiger partial charge in [0.1, 0.15) is 0 Å². The van der Waals surface area contributed by atoms with Gasteiger partial charge in [-0.2, -0.15) is 0 Å². The predicted octanol–water partition coefficient (Wildman–Crippen LogP) is 1.70. The van der Waals surface area contributed by atoms with E-state index in [1.54, 1.807) is 0 Å². The molecule has 2 N–H and O–H groups in total. The van der Waals surface area contributed by atoms with Crippen LogP contribution in [0, 0.1) is 0 Å². The molecule has 2 fully saturated rings. The van der Waals surface area contributed by atoms with Crippen molar-refractivity contribution in [2.75, 3.05) is 26.3 Å². The molecule has 5 heteroatoms. The predicted molar refractivity (Wildman–Crippen MR) is 80.7 cm³/mol. The fourth-order valence-corrected chi connectivity index (χ4v) is 3.43. The lowest BCUT2D eigenvalue weighted by atomic mass is 9.94. The second-order valence-electron chi connectivity index (χ2n) is 5.95. The lowest BCUT2D eigenvalue weighted by Crippen LogP contribution is -2.50. The van der Waals surface area contributed by atoms with Crippen LogP contribution in [-0.4, -0.2) is 48.0 Å². The van der Waals surface area contributed by atoms with Crippen LogP contribution in [-0.2, 0) is 9.47 Å². The summed E-state index contributed by atoms with van der Waals surface area (Å²) >= 11 is 0. The topological polar surface area (TPSA) is 60.6 Å². The van der Waals surface area contributed by atoms with E-state index in [0.717, 1.165) is 45.6 Å². The van der Waals surface area contributed by atoms with Crippen LogP contribution in [0.1, 0.15) is 37.8 Å². The van der Waals surface area contributed by atoms with Gasteiger partial charge in [-0.15, -0.1) is 0 Å². The molecule has 1 aromatic heterocycles. The second-order valence-corrected chi connectivity index (χ2v) is 5.95. The van der Waals surface area contributed by atoms with Crippen molar-refractivity contribution in [3.8, 4) is 0 Å². The van der Waals surface area contributed by atoms with Crippen molar-refractivity contribution in [1.29, 1.82) is 0 Å². The number of nitrogens with zero attached hydrogens (tertiary/aromatic N) is 2. The molecular formula is C16H25N3O2. The van der Waals surface area contributed by atoms with E-state index in [9.17, 15) is 0 Å². The van der Waals surface area contributed by atoms with Crippen LogP contribution in [0.25, 0.3) is 0 Å². The number of hydrogen-bond acceptors (Lipinski definition) is 5. The van der Waals surface area contributed by atoms with Gasteiger partial charge in [-0.1, -0.05) is 13.0 Å². The SMILES string of the molecule is CCC(N)C(c1cccnc1)N1CCC2(CC1)OCCO2. The van der Waals surface area contributed by atoms with Gasteiger partial charge in [0.25, 0.3) is 0 Å². The molecule has 21 heavy (non-hydrogen) atoms. The maximum absolute atomic E-state index is 6.39. The Kier molecular flexibility index (Phi) is 4.54. The fraction of sp³-hybridized carbons (Fsp3) is 0.688. The highest BCUT2D eigenvalue weighted by molar-refractivity contribution is 5.16. The summed E-state index contributed by atoms with van der Waals surface area (Å²) in [6.07, 6.45) is 6.53. The molecule has 0 radical (unpaired) electrons. The number of likely N-dealkylation sites (tertiary alicyclic amines) is 1. The summed E-state index contributed by atoms with van der Waals surface area (Å²) in [7, 11) is 0. The first kappa shape index (κ1) is 14.9. The fourth-order valence-electron chi connectivity index (χ4n) is 3.43. The molecule has 1 aromatic rings. The zero-order chi connectivity index (χ0) is 14.7. The normalized spacial score (nSPS) is 25.0. The van der Waals surface area contributed by atoms with Crippen LogP contribution in [0.4, 0.5) is 0 Å². The lowest BCUT2D eigenvalue weighted by Gasteiger charge is -2.43. The molecule has 2 aliphatic rings. The summed E-state index contributed by atoms with van der Waals surface area (Å²) in [6, 6.07) is 4.45. The van der Waals surface area contributed by atoms with Crippen LogP contribution in [0.5, 0.6) is 0 Å². The first-order valence-electron chi connectivity index (χ1n) is 7.91. The zero-order valence-electron chi connectivity index (χ0n) is 12.7. The molecule has 2 saturated heterocycles. The van der Waals surface area contributed by atoms with Gasteiger partial charge in [0.05, 0.1) is 19.3 Å². The minimum absolute atomic E-state index is 0.119. The highest BCUT2D eigenvalue weighted by Gasteiger charge is 2.41. The maximum atomic E-state index is 6.39. The molecule has 0 saturated carbocycles. The van der Waals surface area contributed by atoms with Gasteiger partial charge in [-0.3, -0.25) is 9.88 Å². The standard InChI is InChI=1S/C16H25N3O2/c1-2-14(17)15(13-4-3-7-18-12-13)19-8-5-16(6-9-19)20-10-11-21-16/h3-4,7,12,14-15H,2,5-6,8-11,17H2,1H3. The number of nitrogens with two attached hydrogens (primary N) is 1. The third-order valence-corrected chi connectivity index (χ3v) is 4.67. The van der Waals surface area contributed by atoms with Crippen LogP contribution in [0.15, 0.2) is 24.5 Å². The van der Waals surface area contributed by atoms with E-state index in [-0.39, 0.29) is 17.9 Å². The van der Waals surface area contributed by atoms with E-state index in [4.69, 9.17) is 15.2 Å². The highest BCUT2D eigenvalue weighted by atomic mass is 16.7. The maximum Gasteiger partial charge on any atom is 0.170 e. The van der Waals surface area contributed by atoms with E-state index < -0.39 is 0 Å². The van der Waals surface area contributed by atoms with Crippen LogP contribution in [0.3, 0.4) is 0 Å². The Bertz CT molecular complexity index is 438. The van der Waals surface area contributed by atoms with Crippen molar-refractivity contribution in [2.45, 2.75) is 44.1 Å². The van der Waals surface area contributed by atoms with E-state index >= 15 is 0 Å². The van der Waals surface area contributed by atoms with Gasteiger partial charge in [0.15, 0.2) is 5.79 Å². The number of aromatic nitrogens is 1. The summed E-state index contributed by atoms with van der Waals surface area (Å²) in [5.41, 5.74) is 7.60. The Balaban J connectivity index is 1.73. The van der Waals surface area contributed by atoms with Crippen molar-refractivity contribution in [3.05, 3.63) is 30.1 Å². The van der Waals surface area contributed by atoms with Gasteiger partial charge >= 0.3 is 0 Å². The first-order valence-corrected chi connectivity index (χ1v) is 7.91. The minimum Gasteiger partial charge on any atom is -0.347 e. The lowest BCUT2D eigenvalue weighted by molar-refractivity contribution is -0.188. The molecule has 3 rings (SSSR count). The number of hydrogen-bond donors (Lipinski definition) is 1. The van der Waals surface area contributed by atoms with E-state index in [2.05, 4.69) is 22.9 Å². The van der Waals surface area contributed by atoms with Gasteiger partial charge in [0, 0.05) is 44.4 Å². The minimum atomic E-state index is -0.327. The molecule has 0 aliphatic carbocycles. The number of rotatable bonds is 4. The van der Waals surface area contributed by atoms with Crippen molar-refractivity contribution < 1.29 is 9.47 Å². The van der Waals surface area contributed by atoms with Crippen LogP contribution >= 0.6 is 0 Å². The quantitative estimate of drug-likeness (QED) is 0.915. The molecule has 0 amide bonds. The zero-order valence-corrected chi connectivity index (χ0v) is 12.7. The molecule has 2 atom stereocenters. The summed E-state index contributed by atoms with van der Waals surface area (Å²) in [4.78, 5) is 6.72. The Hall–Kier alpha value is -1.01. The second kappa shape index (κ2) is 6.40. The molecule has 3 heterocycles. The van der Waals surface area contributed by atoms with Crippen LogP contribution in [0.2, 0.25) is 0 Å². The number of ether oxygens (including phenoxy) is 2. The Morgan fingerprint density at radius 3 is 2.62 bits per heavy atom. The van der Waals surface area contributed by atoms with Crippen molar-refractivity contribution in [3.63, 3.8) is 0 Å². The summed E-state index contributed by atoms with van der Waals surface area (Å²) in [5, 5.41) is 0. The van der Waals surface area contributed by atoms with E-state index in [1.165, 1.54) is 5.56 Å². The first-order chi connectivity index (χ1) is 10.2. The summed E-state index contributed by atoms with van der Waals surface area (Å²) < 4.78 is 11.6. The van der Waals surface area contributed by atoms with E-state index in [1.807, 2.05) is 18.5 Å². The molecule has 0 aromatic carbocycles. The summed E-state index contributed by atoms with van der Waals surface area (Å²) in [6.45, 7) is 5.49. The van der Waals surface area contributed by atoms with E-state index in [0.29, 0.717) is 0 Å². The van der Waals surface area contributed by atoms with Gasteiger partial charge in [-0.25, -0.2) is 0 Å². The summed E-state index contributed by atoms with van der Waals surface area (Å²) in [5.74, 6) is -0.327. The molecule has 1 spiro atoms. The van der Waals surface area contributed by atoms with Crippen molar-refractivity contribution in [2.24, 2.45) is 5.73 Å². The third-order valence-electron chi connectivity index (χ3n) is 4.67. The van der Waals surface area contributed by atoms with Gasteiger partial charge in [0.2, 0.25) is 0 Å². The monoisotopic (exact) mass is 291 g/mol. The van der Waals surface area contributed by atoms with Crippen LogP contribution < -0.4 is 5.73 Å². The smallest absolute Gasteiger partial charge is 0.170 e. The van der Waals surface area contributed by atoms with Gasteiger partial charge in [-0.05, 0) is 18.1 Å². The average Bonchev–Trinajstić information content (AvgIpc) is 2.99. The molecule has 2 aliphatic heterocycles. The number of pyridine rings is 1. The third kappa shape index (κ3) is 3.11. The Morgan fingerprint density at radius 1 is 1.33 bits per heavy atom. The largest absolute Gasteiger partial charge is 0.347 e. The Morgan fingerprint density at radius 2 is 2.05 bits per heavy atom. The van der Waals surface area contributed by atoms with Crippen molar-refractivity contribution >= 4 is 0 Å². The molecule has 5 nitrogen and oxygen atoms in total. The van der Waals surface area contributed by atoms with Gasteiger partial charge < -0.3 is 15.2 Å². The molecular weight excluding hydrogens is 266 g/mol. The van der Waals surface area contributed by atoms with Crippen molar-refractivity contribution in [1.82, 2.24) is 9.88 Å². The average molecular weight is 291 g/mol. The molecule has 116 valence electrons. The molecule has 0 bridgehead atoms. The number of piperidine rings is 1. The molecule has 2 unspecified atom stereocenters.